The molecule has 34 heavy (non-hydrogen) atoms. The molecule has 1 atom stereocenters. The third-order valence-corrected chi connectivity index (χ3v) is 6.14. The first-order valence-electron chi connectivity index (χ1n) is 10.8. The van der Waals surface area contributed by atoms with Crippen LogP contribution in [0.25, 0.3) is 11.1 Å². The van der Waals surface area contributed by atoms with Gasteiger partial charge in [-0.05, 0) is 46.9 Å². The molecule has 0 radical (unpaired) electrons. The third-order valence-electron chi connectivity index (χ3n) is 5.83. The number of carboxylic acid groups (broad SMARTS) is 1. The number of carbonyl (C=O) groups is 3. The predicted octanol–water partition coefficient (Wildman–Crippen LogP) is 5.29. The Morgan fingerprint density at radius 1 is 1.00 bits per heavy atom. The number of aromatic carboxylic acids is 1. The van der Waals surface area contributed by atoms with Crippen LogP contribution in [-0.4, -0.2) is 35.7 Å². The normalized spacial score (nSPS) is 12.9. The van der Waals surface area contributed by atoms with Crippen molar-refractivity contribution < 1.29 is 24.2 Å². The molecule has 1 aliphatic carbocycles. The molecule has 0 aromatic heterocycles. The van der Waals surface area contributed by atoms with Crippen molar-refractivity contribution in [1.29, 1.82) is 0 Å². The Hall–Kier alpha value is -3.84. The summed E-state index contributed by atoms with van der Waals surface area (Å²) in [5.74, 6) is -1.71. The van der Waals surface area contributed by atoms with E-state index in [2.05, 4.69) is 22.8 Å². The predicted molar refractivity (Wildman–Crippen MR) is 129 cm³/mol. The maximum Gasteiger partial charge on any atom is 0.407 e. The zero-order valence-electron chi connectivity index (χ0n) is 18.4. The largest absolute Gasteiger partial charge is 0.478 e. The van der Waals surface area contributed by atoms with Crippen molar-refractivity contribution in [1.82, 2.24) is 5.32 Å². The van der Waals surface area contributed by atoms with Crippen LogP contribution in [0.4, 0.5) is 10.5 Å². The van der Waals surface area contributed by atoms with Crippen LogP contribution < -0.4 is 10.6 Å². The fourth-order valence-electron chi connectivity index (χ4n) is 4.13. The third kappa shape index (κ3) is 4.75. The molecule has 174 valence electrons. The minimum Gasteiger partial charge on any atom is -0.478 e. The maximum absolute atomic E-state index is 12.7. The van der Waals surface area contributed by atoms with Crippen molar-refractivity contribution in [2.75, 3.05) is 11.9 Å². The fourth-order valence-corrected chi connectivity index (χ4v) is 4.39. The fraction of sp³-hybridized carbons (Fsp3) is 0.192. The Morgan fingerprint density at radius 3 is 2.18 bits per heavy atom. The van der Waals surface area contributed by atoms with Gasteiger partial charge in [-0.25, -0.2) is 9.59 Å². The molecule has 0 saturated carbocycles. The zero-order valence-corrected chi connectivity index (χ0v) is 19.1. The average molecular weight is 479 g/mol. The number of ether oxygens (including phenoxy) is 1. The number of hydrogen-bond acceptors (Lipinski definition) is 4. The quantitative estimate of drug-likeness (QED) is 0.427. The summed E-state index contributed by atoms with van der Waals surface area (Å²) in [6.45, 7) is 1.90. The standard InChI is InChI=1S/C26H23ClN2O5/c1-2-23(24(30)28-15-11-12-20(25(31)32)22(27)13-15)29-26(33)34-14-21-18-9-5-3-7-16(18)17-8-4-6-10-19(17)21/h3-13,21,23H,2,14H2,1H3,(H,28,30)(H,29,33)(H,31,32)/t23-/m0/s1. The Labute approximate surface area is 201 Å². The highest BCUT2D eigenvalue weighted by Crippen LogP contribution is 2.44. The molecular formula is C26H23ClN2O5. The molecule has 3 aromatic carbocycles. The van der Waals surface area contributed by atoms with E-state index >= 15 is 0 Å². The summed E-state index contributed by atoms with van der Waals surface area (Å²) in [6.07, 6.45) is -0.361. The minimum atomic E-state index is -1.16. The van der Waals surface area contributed by atoms with Gasteiger partial charge < -0.3 is 20.5 Å². The molecule has 1 aliphatic rings. The Kier molecular flexibility index (Phi) is 6.84. The van der Waals surface area contributed by atoms with Crippen molar-refractivity contribution in [2.24, 2.45) is 0 Å². The molecule has 4 rings (SSSR count). The second-order valence-corrected chi connectivity index (χ2v) is 8.33. The second kappa shape index (κ2) is 9.97. The minimum absolute atomic E-state index is 0.00263. The van der Waals surface area contributed by atoms with Crippen LogP contribution in [0.3, 0.4) is 0 Å². The maximum atomic E-state index is 12.7. The first-order valence-corrected chi connectivity index (χ1v) is 11.2. The van der Waals surface area contributed by atoms with Crippen molar-refractivity contribution in [3.05, 3.63) is 88.4 Å². The Morgan fingerprint density at radius 2 is 1.62 bits per heavy atom. The molecule has 3 aromatic rings. The first-order chi connectivity index (χ1) is 16.4. The van der Waals surface area contributed by atoms with E-state index in [1.165, 1.54) is 18.2 Å². The van der Waals surface area contributed by atoms with Gasteiger partial charge in [0.15, 0.2) is 0 Å². The lowest BCUT2D eigenvalue weighted by Gasteiger charge is -2.19. The number of rotatable bonds is 7. The van der Waals surface area contributed by atoms with E-state index < -0.39 is 24.0 Å². The van der Waals surface area contributed by atoms with Crippen LogP contribution in [0.1, 0.15) is 40.7 Å². The molecule has 0 spiro atoms. The SMILES string of the molecule is CC[C@H](NC(=O)OCC1c2ccccc2-c2ccccc21)C(=O)Nc1ccc(C(=O)O)c(Cl)c1. The van der Waals surface area contributed by atoms with Gasteiger partial charge >= 0.3 is 12.1 Å². The van der Waals surface area contributed by atoms with Gasteiger partial charge in [0.25, 0.3) is 0 Å². The Bertz CT molecular complexity index is 1210. The van der Waals surface area contributed by atoms with Crippen LogP contribution in [0.5, 0.6) is 0 Å². The van der Waals surface area contributed by atoms with Gasteiger partial charge in [-0.3, -0.25) is 4.79 Å². The van der Waals surface area contributed by atoms with Gasteiger partial charge in [0.05, 0.1) is 10.6 Å². The van der Waals surface area contributed by atoms with Gasteiger partial charge in [0, 0.05) is 11.6 Å². The number of hydrogen-bond donors (Lipinski definition) is 3. The van der Waals surface area contributed by atoms with E-state index in [0.717, 1.165) is 22.3 Å². The molecule has 0 unspecified atom stereocenters. The van der Waals surface area contributed by atoms with Crippen LogP contribution in [-0.2, 0) is 9.53 Å². The summed E-state index contributed by atoms with van der Waals surface area (Å²) in [5, 5.41) is 14.3. The molecule has 0 bridgehead atoms. The van der Waals surface area contributed by atoms with Crippen molar-refractivity contribution in [3.63, 3.8) is 0 Å². The molecule has 0 heterocycles. The molecule has 2 amide bonds. The van der Waals surface area contributed by atoms with E-state index in [1.54, 1.807) is 6.92 Å². The summed E-state index contributed by atoms with van der Waals surface area (Å²) in [4.78, 5) is 36.3. The van der Waals surface area contributed by atoms with Crippen molar-refractivity contribution in [3.8, 4) is 11.1 Å². The lowest BCUT2D eigenvalue weighted by Crippen LogP contribution is -2.43. The molecule has 7 nitrogen and oxygen atoms in total. The number of fused-ring (bicyclic) bond motifs is 3. The summed E-state index contributed by atoms with van der Waals surface area (Å²) < 4.78 is 5.52. The number of carboxylic acids is 1. The van der Waals surface area contributed by atoms with Gasteiger partial charge in [-0.15, -0.1) is 0 Å². The molecule has 0 fully saturated rings. The van der Waals surface area contributed by atoms with Crippen LogP contribution in [0.2, 0.25) is 5.02 Å². The lowest BCUT2D eigenvalue weighted by molar-refractivity contribution is -0.118. The second-order valence-electron chi connectivity index (χ2n) is 7.92. The van der Waals surface area contributed by atoms with Crippen molar-refractivity contribution in [2.45, 2.75) is 25.3 Å². The summed E-state index contributed by atoms with van der Waals surface area (Å²) in [7, 11) is 0. The number of benzene rings is 3. The van der Waals surface area contributed by atoms with E-state index in [1.807, 2.05) is 36.4 Å². The number of anilines is 1. The number of alkyl carbamates (subject to hydrolysis) is 1. The van der Waals surface area contributed by atoms with E-state index in [4.69, 9.17) is 21.4 Å². The van der Waals surface area contributed by atoms with Gasteiger partial charge in [-0.1, -0.05) is 67.1 Å². The first kappa shape index (κ1) is 23.3. The summed E-state index contributed by atoms with van der Waals surface area (Å²) in [5.41, 5.74) is 4.72. The Balaban J connectivity index is 1.38. The molecule has 0 aliphatic heterocycles. The number of halogens is 1. The molecular weight excluding hydrogens is 456 g/mol. The van der Waals surface area contributed by atoms with E-state index in [9.17, 15) is 14.4 Å². The van der Waals surface area contributed by atoms with Crippen molar-refractivity contribution >= 4 is 35.3 Å². The van der Waals surface area contributed by atoms with E-state index in [0.29, 0.717) is 12.1 Å². The molecule has 0 saturated heterocycles. The van der Waals surface area contributed by atoms with E-state index in [-0.39, 0.29) is 23.1 Å². The average Bonchev–Trinajstić information content (AvgIpc) is 3.14. The molecule has 3 N–H and O–H groups in total. The summed E-state index contributed by atoms with van der Waals surface area (Å²) >= 11 is 5.96. The monoisotopic (exact) mass is 478 g/mol. The van der Waals surface area contributed by atoms with Gasteiger partial charge in [-0.2, -0.15) is 0 Å². The highest BCUT2D eigenvalue weighted by Gasteiger charge is 2.29. The van der Waals surface area contributed by atoms with Crippen LogP contribution in [0.15, 0.2) is 66.7 Å². The zero-order chi connectivity index (χ0) is 24.2. The highest BCUT2D eigenvalue weighted by molar-refractivity contribution is 6.33. The van der Waals surface area contributed by atoms with Gasteiger partial charge in [0.1, 0.15) is 12.6 Å². The molecule has 8 heteroatoms. The van der Waals surface area contributed by atoms with Gasteiger partial charge in [0.2, 0.25) is 5.91 Å². The number of nitrogens with one attached hydrogen (secondary N) is 2. The topological polar surface area (TPSA) is 105 Å². The summed E-state index contributed by atoms with van der Waals surface area (Å²) in [6, 6.07) is 19.3. The number of amides is 2. The highest BCUT2D eigenvalue weighted by atomic mass is 35.5. The lowest BCUT2D eigenvalue weighted by atomic mass is 9.98. The van der Waals surface area contributed by atoms with Crippen LogP contribution in [0, 0.1) is 0 Å². The van der Waals surface area contributed by atoms with Crippen LogP contribution >= 0.6 is 11.6 Å². The number of carbonyl (C=O) groups excluding carboxylic acids is 2. The smallest absolute Gasteiger partial charge is 0.407 e.